The van der Waals surface area contributed by atoms with Crippen LogP contribution in [0.3, 0.4) is 0 Å². The zero-order chi connectivity index (χ0) is 11.8. The monoisotopic (exact) mass is 223 g/mol. The molecule has 1 nitrogen and oxygen atoms in total. The van der Waals surface area contributed by atoms with Crippen molar-refractivity contribution in [2.75, 3.05) is 13.1 Å². The summed E-state index contributed by atoms with van der Waals surface area (Å²) in [5, 5.41) is 3.38. The molecule has 0 heterocycles. The predicted molar refractivity (Wildman–Crippen MR) is 72.7 cm³/mol. The molecule has 1 fully saturated rings. The normalized spacial score (nSPS) is 27.1. The van der Waals surface area contributed by atoms with E-state index in [4.69, 9.17) is 0 Å². The van der Waals surface area contributed by atoms with Gasteiger partial charge in [-0.1, -0.05) is 31.9 Å². The van der Waals surface area contributed by atoms with Crippen LogP contribution in [0.2, 0.25) is 0 Å². The van der Waals surface area contributed by atoms with Crippen LogP contribution in [0.1, 0.15) is 59.3 Å². The summed E-state index contributed by atoms with van der Waals surface area (Å²) in [6.45, 7) is 9.07. The van der Waals surface area contributed by atoms with E-state index in [0.29, 0.717) is 0 Å². The molecule has 0 unspecified atom stereocenters. The van der Waals surface area contributed by atoms with Crippen LogP contribution < -0.4 is 5.32 Å². The Morgan fingerprint density at radius 2 is 1.88 bits per heavy atom. The molecular weight excluding hydrogens is 194 g/mol. The summed E-state index contributed by atoms with van der Waals surface area (Å²) in [7, 11) is 0. The molecule has 0 radical (unpaired) electrons. The fourth-order valence-electron chi connectivity index (χ4n) is 2.77. The van der Waals surface area contributed by atoms with Gasteiger partial charge in [0.2, 0.25) is 0 Å². The molecule has 0 bridgehead atoms. The molecule has 1 aliphatic carbocycles. The topological polar surface area (TPSA) is 12.0 Å². The summed E-state index contributed by atoms with van der Waals surface area (Å²) >= 11 is 0. The van der Waals surface area contributed by atoms with Crippen LogP contribution in [0.5, 0.6) is 0 Å². The molecule has 0 aromatic rings. The summed E-state index contributed by atoms with van der Waals surface area (Å²) in [6.07, 6.45) is 10.8. The first-order valence-electron chi connectivity index (χ1n) is 7.15. The fraction of sp³-hybridized carbons (Fsp3) is 0.867. The largest absolute Gasteiger partial charge is 0.317 e. The van der Waals surface area contributed by atoms with Crippen LogP contribution in [0.4, 0.5) is 0 Å². The molecule has 0 aromatic heterocycles. The average molecular weight is 223 g/mol. The lowest BCUT2D eigenvalue weighted by Crippen LogP contribution is -2.16. The van der Waals surface area contributed by atoms with E-state index < -0.39 is 0 Å². The summed E-state index contributed by atoms with van der Waals surface area (Å²) in [4.78, 5) is 0. The van der Waals surface area contributed by atoms with Crippen LogP contribution in [-0.4, -0.2) is 13.1 Å². The summed E-state index contributed by atoms with van der Waals surface area (Å²) in [5.41, 5.74) is 1.65. The van der Waals surface area contributed by atoms with Crippen LogP contribution in [-0.2, 0) is 0 Å². The highest BCUT2D eigenvalue weighted by molar-refractivity contribution is 5.04. The summed E-state index contributed by atoms with van der Waals surface area (Å²) in [5.74, 6) is 1.91. The van der Waals surface area contributed by atoms with Gasteiger partial charge in [0.25, 0.3) is 0 Å². The van der Waals surface area contributed by atoms with E-state index in [1.807, 2.05) is 0 Å². The SMILES string of the molecule is CCNCCC=C(C)C1CCC(CC)CC1. The highest BCUT2D eigenvalue weighted by Gasteiger charge is 2.20. The van der Waals surface area contributed by atoms with Crippen molar-refractivity contribution in [3.05, 3.63) is 11.6 Å². The van der Waals surface area contributed by atoms with E-state index in [2.05, 4.69) is 32.2 Å². The predicted octanol–water partition coefficient (Wildman–Crippen LogP) is 4.15. The van der Waals surface area contributed by atoms with Gasteiger partial charge in [0.05, 0.1) is 0 Å². The van der Waals surface area contributed by atoms with Gasteiger partial charge in [0, 0.05) is 0 Å². The lowest BCUT2D eigenvalue weighted by atomic mass is 9.78. The first kappa shape index (κ1) is 13.8. The Morgan fingerprint density at radius 3 is 2.44 bits per heavy atom. The van der Waals surface area contributed by atoms with E-state index in [1.165, 1.54) is 38.5 Å². The molecule has 0 amide bonds. The molecule has 1 saturated carbocycles. The zero-order valence-corrected chi connectivity index (χ0v) is 11.4. The third kappa shape index (κ3) is 4.69. The van der Waals surface area contributed by atoms with Crippen molar-refractivity contribution < 1.29 is 0 Å². The smallest absolute Gasteiger partial charge is 0.00143 e. The van der Waals surface area contributed by atoms with Gasteiger partial charge in [-0.15, -0.1) is 0 Å². The molecular formula is C15H29N. The van der Waals surface area contributed by atoms with Gasteiger partial charge in [-0.3, -0.25) is 0 Å². The van der Waals surface area contributed by atoms with Gasteiger partial charge in [0.1, 0.15) is 0 Å². The Kier molecular flexibility index (Phi) is 6.79. The molecule has 16 heavy (non-hydrogen) atoms. The Bertz CT molecular complexity index is 199. The lowest BCUT2D eigenvalue weighted by molar-refractivity contribution is 0.294. The maximum Gasteiger partial charge on any atom is -0.00143 e. The minimum absolute atomic E-state index is 0.893. The van der Waals surface area contributed by atoms with Crippen molar-refractivity contribution in [2.24, 2.45) is 11.8 Å². The molecule has 1 heteroatoms. The van der Waals surface area contributed by atoms with E-state index in [-0.39, 0.29) is 0 Å². The fourth-order valence-corrected chi connectivity index (χ4v) is 2.77. The summed E-state index contributed by atoms with van der Waals surface area (Å²) in [6, 6.07) is 0. The molecule has 1 aliphatic rings. The Balaban J connectivity index is 2.23. The number of hydrogen-bond donors (Lipinski definition) is 1. The van der Waals surface area contributed by atoms with E-state index in [0.717, 1.165) is 24.9 Å². The minimum atomic E-state index is 0.893. The van der Waals surface area contributed by atoms with Gasteiger partial charge in [-0.05, 0) is 64.0 Å². The van der Waals surface area contributed by atoms with Crippen molar-refractivity contribution in [3.8, 4) is 0 Å². The zero-order valence-electron chi connectivity index (χ0n) is 11.4. The van der Waals surface area contributed by atoms with Crippen molar-refractivity contribution in [3.63, 3.8) is 0 Å². The van der Waals surface area contributed by atoms with Gasteiger partial charge in [0.15, 0.2) is 0 Å². The molecule has 0 aliphatic heterocycles. The highest BCUT2D eigenvalue weighted by atomic mass is 14.8. The van der Waals surface area contributed by atoms with Crippen LogP contribution in [0, 0.1) is 11.8 Å². The van der Waals surface area contributed by atoms with E-state index in [9.17, 15) is 0 Å². The van der Waals surface area contributed by atoms with Crippen molar-refractivity contribution >= 4 is 0 Å². The van der Waals surface area contributed by atoms with Crippen LogP contribution in [0.15, 0.2) is 11.6 Å². The molecule has 1 N–H and O–H groups in total. The third-order valence-electron chi connectivity index (χ3n) is 4.11. The first-order valence-corrected chi connectivity index (χ1v) is 7.15. The second-order valence-corrected chi connectivity index (χ2v) is 5.22. The maximum atomic E-state index is 3.38. The maximum absolute atomic E-state index is 3.38. The summed E-state index contributed by atoms with van der Waals surface area (Å²) < 4.78 is 0. The molecule has 0 spiro atoms. The van der Waals surface area contributed by atoms with E-state index >= 15 is 0 Å². The van der Waals surface area contributed by atoms with Crippen LogP contribution >= 0.6 is 0 Å². The number of hydrogen-bond acceptors (Lipinski definition) is 1. The Morgan fingerprint density at radius 1 is 1.19 bits per heavy atom. The number of allylic oxidation sites excluding steroid dienone is 1. The van der Waals surface area contributed by atoms with E-state index in [1.54, 1.807) is 5.57 Å². The van der Waals surface area contributed by atoms with Gasteiger partial charge < -0.3 is 5.32 Å². The molecule has 1 rings (SSSR count). The Labute approximate surface area is 102 Å². The number of nitrogens with one attached hydrogen (secondary N) is 1. The third-order valence-corrected chi connectivity index (χ3v) is 4.11. The first-order chi connectivity index (χ1) is 7.77. The van der Waals surface area contributed by atoms with Crippen LogP contribution in [0.25, 0.3) is 0 Å². The van der Waals surface area contributed by atoms with Gasteiger partial charge >= 0.3 is 0 Å². The number of rotatable bonds is 6. The van der Waals surface area contributed by atoms with Crippen molar-refractivity contribution in [1.82, 2.24) is 5.32 Å². The highest BCUT2D eigenvalue weighted by Crippen LogP contribution is 2.34. The molecule has 94 valence electrons. The standard InChI is InChI=1S/C15H29N/c1-4-14-8-10-15(11-9-14)13(3)7-6-12-16-5-2/h7,14-16H,4-6,8-12H2,1-3H3. The molecule has 0 atom stereocenters. The van der Waals surface area contributed by atoms with Gasteiger partial charge in [-0.25, -0.2) is 0 Å². The van der Waals surface area contributed by atoms with Crippen molar-refractivity contribution in [2.45, 2.75) is 59.3 Å². The quantitative estimate of drug-likeness (QED) is 0.527. The Hall–Kier alpha value is -0.300. The second-order valence-electron chi connectivity index (χ2n) is 5.22. The molecule has 0 saturated heterocycles. The van der Waals surface area contributed by atoms with Gasteiger partial charge in [-0.2, -0.15) is 0 Å². The second kappa shape index (κ2) is 7.89. The lowest BCUT2D eigenvalue weighted by Gasteiger charge is -2.28. The van der Waals surface area contributed by atoms with Crippen molar-refractivity contribution in [1.29, 1.82) is 0 Å². The minimum Gasteiger partial charge on any atom is -0.317 e. The average Bonchev–Trinajstić information content (AvgIpc) is 2.34. The molecule has 0 aromatic carbocycles.